The molecule has 1 aliphatic rings. The van der Waals surface area contributed by atoms with Gasteiger partial charge in [0, 0.05) is 48.7 Å². The van der Waals surface area contributed by atoms with E-state index < -0.39 is 0 Å². The van der Waals surface area contributed by atoms with Gasteiger partial charge in [-0.3, -0.25) is 5.10 Å². The van der Waals surface area contributed by atoms with Gasteiger partial charge in [0.2, 0.25) is 0 Å². The summed E-state index contributed by atoms with van der Waals surface area (Å²) in [5, 5.41) is 23.3. The Kier molecular flexibility index (Phi) is 11.1. The van der Waals surface area contributed by atoms with Crippen molar-refractivity contribution < 1.29 is 0 Å². The fourth-order valence-electron chi connectivity index (χ4n) is 3.92. The number of benzene rings is 2. The Morgan fingerprint density at radius 2 is 1.80 bits per heavy atom. The lowest BCUT2D eigenvalue weighted by molar-refractivity contribution is 0.589. The van der Waals surface area contributed by atoms with Crippen LogP contribution in [0.4, 0.5) is 5.69 Å². The summed E-state index contributed by atoms with van der Waals surface area (Å²) in [7, 11) is 0. The Labute approximate surface area is 211 Å². The minimum absolute atomic E-state index is 0.291. The van der Waals surface area contributed by atoms with E-state index in [4.69, 9.17) is 5.26 Å². The van der Waals surface area contributed by atoms with Gasteiger partial charge in [0.25, 0.3) is 0 Å². The lowest BCUT2D eigenvalue weighted by atomic mass is 10.0. The van der Waals surface area contributed by atoms with Gasteiger partial charge >= 0.3 is 0 Å². The zero-order chi connectivity index (χ0) is 25.8. The van der Waals surface area contributed by atoms with Gasteiger partial charge in [0.05, 0.1) is 17.5 Å². The fourth-order valence-corrected chi connectivity index (χ4v) is 3.92. The van der Waals surface area contributed by atoms with E-state index in [2.05, 4.69) is 69.6 Å². The van der Waals surface area contributed by atoms with Crippen LogP contribution in [0.5, 0.6) is 0 Å². The van der Waals surface area contributed by atoms with E-state index in [1.54, 1.807) is 0 Å². The summed E-state index contributed by atoms with van der Waals surface area (Å²) in [5.41, 5.74) is 8.20. The Balaban J connectivity index is 0.00000103. The van der Waals surface area contributed by atoms with Gasteiger partial charge in [-0.25, -0.2) is 0 Å². The van der Waals surface area contributed by atoms with Crippen LogP contribution >= 0.6 is 0 Å². The quantitative estimate of drug-likeness (QED) is 0.411. The van der Waals surface area contributed by atoms with Crippen molar-refractivity contribution >= 4 is 11.4 Å². The number of nitriles is 1. The van der Waals surface area contributed by atoms with E-state index >= 15 is 0 Å². The largest absolute Gasteiger partial charge is 0.370 e. The van der Waals surface area contributed by atoms with Crippen LogP contribution in [0.15, 0.2) is 55.1 Å². The van der Waals surface area contributed by atoms with Crippen LogP contribution in [0.25, 0.3) is 28.2 Å². The zero-order valence-electron chi connectivity index (χ0n) is 22.1. The van der Waals surface area contributed by atoms with E-state index in [1.165, 1.54) is 11.3 Å². The van der Waals surface area contributed by atoms with Crippen molar-refractivity contribution in [3.63, 3.8) is 0 Å². The summed E-state index contributed by atoms with van der Waals surface area (Å²) in [5.74, 6) is 0. The summed E-state index contributed by atoms with van der Waals surface area (Å²) >= 11 is 0. The SMILES string of the molecule is C=C(NC(C)C#N)c1cccc(-c2cc(-c3ccc(N4CCNCC4)cc3C)[nH]n2)c1.CC.CC. The third-order valence-corrected chi connectivity index (χ3v) is 5.65. The maximum absolute atomic E-state index is 9.01. The molecular formula is C29H40N6. The van der Waals surface area contributed by atoms with Gasteiger partial charge in [-0.15, -0.1) is 0 Å². The second-order valence-electron chi connectivity index (χ2n) is 7.96. The van der Waals surface area contributed by atoms with E-state index in [9.17, 15) is 0 Å². The van der Waals surface area contributed by atoms with Crippen LogP contribution in [0, 0.1) is 18.3 Å². The maximum Gasteiger partial charge on any atom is 0.111 e. The molecule has 0 saturated carbocycles. The first-order chi connectivity index (χ1) is 17.0. The number of H-pyrrole nitrogens is 1. The molecular weight excluding hydrogens is 432 g/mol. The van der Waals surface area contributed by atoms with Gasteiger partial charge in [0.1, 0.15) is 6.04 Å². The van der Waals surface area contributed by atoms with Crippen molar-refractivity contribution in [1.82, 2.24) is 20.8 Å². The predicted octanol–water partition coefficient (Wildman–Crippen LogP) is 5.99. The van der Waals surface area contributed by atoms with Gasteiger partial charge in [0.15, 0.2) is 0 Å². The molecule has 6 nitrogen and oxygen atoms in total. The number of aromatic nitrogens is 2. The second-order valence-corrected chi connectivity index (χ2v) is 7.96. The Hall–Kier alpha value is -3.56. The monoisotopic (exact) mass is 472 g/mol. The lowest BCUT2D eigenvalue weighted by Crippen LogP contribution is -2.43. The number of nitrogens with zero attached hydrogens (tertiary/aromatic N) is 3. The lowest BCUT2D eigenvalue weighted by Gasteiger charge is -2.30. The average Bonchev–Trinajstić information content (AvgIpc) is 3.41. The fraction of sp³-hybridized carbons (Fsp3) is 0.379. The Bertz CT molecular complexity index is 1120. The van der Waals surface area contributed by atoms with Gasteiger partial charge < -0.3 is 15.5 Å². The highest BCUT2D eigenvalue weighted by Gasteiger charge is 2.14. The van der Waals surface area contributed by atoms with Crippen molar-refractivity contribution in [3.8, 4) is 28.6 Å². The predicted molar refractivity (Wildman–Crippen MR) is 149 cm³/mol. The third kappa shape index (κ3) is 7.21. The number of aryl methyl sites for hydroxylation is 1. The molecule has 0 bridgehead atoms. The number of hydrogen-bond acceptors (Lipinski definition) is 5. The topological polar surface area (TPSA) is 79.8 Å². The molecule has 0 radical (unpaired) electrons. The summed E-state index contributed by atoms with van der Waals surface area (Å²) in [6.45, 7) is 20.2. The molecule has 1 aliphatic heterocycles. The molecule has 1 fully saturated rings. The molecule has 0 spiro atoms. The van der Waals surface area contributed by atoms with E-state index in [-0.39, 0.29) is 6.04 Å². The highest BCUT2D eigenvalue weighted by molar-refractivity contribution is 5.74. The van der Waals surface area contributed by atoms with Crippen LogP contribution in [0.2, 0.25) is 0 Å². The summed E-state index contributed by atoms with van der Waals surface area (Å²) in [6, 6.07) is 18.6. The van der Waals surface area contributed by atoms with Crippen molar-refractivity contribution in [1.29, 1.82) is 5.26 Å². The molecule has 3 N–H and O–H groups in total. The number of aromatic amines is 1. The average molecular weight is 473 g/mol. The zero-order valence-corrected chi connectivity index (χ0v) is 22.1. The maximum atomic E-state index is 9.01. The Morgan fingerprint density at radius 3 is 2.46 bits per heavy atom. The molecule has 2 aromatic carbocycles. The molecule has 1 aromatic heterocycles. The first-order valence-electron chi connectivity index (χ1n) is 12.6. The number of anilines is 1. The molecule has 1 atom stereocenters. The molecule has 3 aromatic rings. The van der Waals surface area contributed by atoms with E-state index in [0.29, 0.717) is 0 Å². The van der Waals surface area contributed by atoms with Crippen molar-refractivity contribution in [2.75, 3.05) is 31.1 Å². The van der Waals surface area contributed by atoms with Crippen molar-refractivity contribution in [2.24, 2.45) is 0 Å². The molecule has 6 heteroatoms. The third-order valence-electron chi connectivity index (χ3n) is 5.65. The normalized spacial score (nSPS) is 13.3. The van der Waals surface area contributed by atoms with Gasteiger partial charge in [-0.2, -0.15) is 10.4 Å². The van der Waals surface area contributed by atoms with Crippen LogP contribution in [-0.4, -0.2) is 42.4 Å². The highest BCUT2D eigenvalue weighted by atomic mass is 15.2. The molecule has 1 unspecified atom stereocenters. The summed E-state index contributed by atoms with van der Waals surface area (Å²) in [6.07, 6.45) is 0. The molecule has 2 heterocycles. The van der Waals surface area contributed by atoms with Crippen LogP contribution < -0.4 is 15.5 Å². The number of hydrogen-bond donors (Lipinski definition) is 3. The molecule has 0 aliphatic carbocycles. The van der Waals surface area contributed by atoms with Crippen LogP contribution in [0.1, 0.15) is 45.7 Å². The Morgan fingerprint density at radius 1 is 1.09 bits per heavy atom. The smallest absolute Gasteiger partial charge is 0.111 e. The summed E-state index contributed by atoms with van der Waals surface area (Å²) in [4.78, 5) is 2.42. The molecule has 4 rings (SSSR count). The van der Waals surface area contributed by atoms with Crippen LogP contribution in [-0.2, 0) is 0 Å². The standard InChI is InChI=1S/C25H28N6.2C2H6/c1-17-13-22(31-11-9-27-10-12-31)7-8-23(17)25-15-24(29-30-25)21-6-4-5-20(14-21)19(3)28-18(2)16-26;2*1-2/h4-8,13-15,18,27-28H,3,9-12H2,1-2H3,(H,29,30);2*1-2H3. The van der Waals surface area contributed by atoms with E-state index in [1.807, 2.05) is 58.9 Å². The second kappa shape index (κ2) is 14.0. The first kappa shape index (κ1) is 27.7. The number of nitrogens with one attached hydrogen (secondary N) is 3. The summed E-state index contributed by atoms with van der Waals surface area (Å²) < 4.78 is 0. The minimum Gasteiger partial charge on any atom is -0.370 e. The van der Waals surface area contributed by atoms with E-state index in [0.717, 1.165) is 60.0 Å². The van der Waals surface area contributed by atoms with Crippen molar-refractivity contribution in [3.05, 3.63) is 66.2 Å². The molecule has 35 heavy (non-hydrogen) atoms. The van der Waals surface area contributed by atoms with Crippen LogP contribution in [0.3, 0.4) is 0 Å². The number of piperazine rings is 1. The molecule has 186 valence electrons. The van der Waals surface area contributed by atoms with Gasteiger partial charge in [-0.1, -0.05) is 58.5 Å². The highest BCUT2D eigenvalue weighted by Crippen LogP contribution is 2.30. The molecule has 0 amide bonds. The number of rotatable bonds is 6. The minimum atomic E-state index is -0.291. The first-order valence-corrected chi connectivity index (χ1v) is 12.6. The van der Waals surface area contributed by atoms with Crippen molar-refractivity contribution in [2.45, 2.75) is 47.6 Å². The van der Waals surface area contributed by atoms with Gasteiger partial charge in [-0.05, 0) is 49.2 Å². The molecule has 1 saturated heterocycles.